The lowest BCUT2D eigenvalue weighted by molar-refractivity contribution is -0.138. The van der Waals surface area contributed by atoms with E-state index < -0.39 is 33.1 Å². The molecule has 9 heteroatoms. The molecule has 2 fully saturated rings. The van der Waals surface area contributed by atoms with E-state index >= 15 is 0 Å². The van der Waals surface area contributed by atoms with E-state index in [1.807, 2.05) is 18.2 Å². The van der Waals surface area contributed by atoms with E-state index in [9.17, 15) is 26.7 Å². The van der Waals surface area contributed by atoms with Crippen molar-refractivity contribution in [3.63, 3.8) is 0 Å². The maximum Gasteiger partial charge on any atom is 0.416 e. The van der Waals surface area contributed by atoms with Crippen molar-refractivity contribution in [2.24, 2.45) is 0 Å². The van der Waals surface area contributed by atoms with E-state index in [1.165, 1.54) is 5.56 Å². The Morgan fingerprint density at radius 2 is 1.66 bits per heavy atom. The molecule has 2 aromatic rings. The molecule has 32 heavy (non-hydrogen) atoms. The zero-order valence-electron chi connectivity index (χ0n) is 17.5. The number of likely N-dealkylation sites (tertiary alicyclic amines) is 1. The van der Waals surface area contributed by atoms with Crippen molar-refractivity contribution in [2.75, 3.05) is 19.6 Å². The second-order valence-electron chi connectivity index (χ2n) is 8.31. The number of carbonyl (C=O) groups is 1. The minimum absolute atomic E-state index is 0.121. The van der Waals surface area contributed by atoms with Crippen LogP contribution in [0.1, 0.15) is 42.7 Å². The highest BCUT2D eigenvalue weighted by molar-refractivity contribution is 7.95. The number of benzene rings is 2. The second-order valence-corrected chi connectivity index (χ2v) is 10.2. The van der Waals surface area contributed by atoms with Crippen LogP contribution in [0.5, 0.6) is 0 Å². The van der Waals surface area contributed by atoms with Crippen LogP contribution in [-0.4, -0.2) is 45.3 Å². The molecule has 0 radical (unpaired) electrons. The predicted molar refractivity (Wildman–Crippen MR) is 113 cm³/mol. The van der Waals surface area contributed by atoms with Gasteiger partial charge < -0.3 is 9.45 Å². The number of piperidine rings is 1. The molecule has 2 aliphatic heterocycles. The van der Waals surface area contributed by atoms with Gasteiger partial charge in [0.05, 0.1) is 5.56 Å². The van der Waals surface area contributed by atoms with Crippen LogP contribution in [0.15, 0.2) is 59.5 Å². The number of alkyl halides is 3. The van der Waals surface area contributed by atoms with Crippen LogP contribution in [0.25, 0.3) is 0 Å². The molecule has 0 saturated carbocycles. The summed E-state index contributed by atoms with van der Waals surface area (Å²) >= 11 is 0. The standard InChI is InChI=1S/C23H25F3N2O3S/c24-23(25,26)19-8-4-9-20(16-19)32(30,31)28-13-5-10-21(28)22(29)27-14-11-18(12-15-27)17-6-2-1-3-7-17/h1-4,6-9,16,18,21H,5,10-15H2. The van der Waals surface area contributed by atoms with E-state index in [0.29, 0.717) is 37.9 Å². The van der Waals surface area contributed by atoms with Gasteiger partial charge in [-0.2, -0.15) is 13.2 Å². The molecule has 0 spiro atoms. The first-order valence-corrected chi connectivity index (χ1v) is 12.1. The monoisotopic (exact) mass is 466 g/mol. The van der Waals surface area contributed by atoms with Crippen molar-refractivity contribution in [2.45, 2.75) is 48.7 Å². The Morgan fingerprint density at radius 1 is 0.969 bits per heavy atom. The molecule has 4 rings (SSSR count). The zero-order chi connectivity index (χ0) is 22.9. The van der Waals surface area contributed by atoms with Gasteiger partial charge >= 0.3 is 6.18 Å². The number of rotatable bonds is 4. The average molecular weight is 467 g/mol. The van der Waals surface area contributed by atoms with Gasteiger partial charge in [0.1, 0.15) is 6.04 Å². The van der Waals surface area contributed by atoms with Crippen LogP contribution in [0, 0.1) is 0 Å². The van der Waals surface area contributed by atoms with Gasteiger partial charge in [0, 0.05) is 25.7 Å². The van der Waals surface area contributed by atoms with Gasteiger partial charge in [0.15, 0.2) is 15.3 Å². The minimum atomic E-state index is -4.64. The van der Waals surface area contributed by atoms with Crippen molar-refractivity contribution in [1.29, 1.82) is 0 Å². The van der Waals surface area contributed by atoms with E-state index in [1.54, 1.807) is 4.90 Å². The second kappa shape index (κ2) is 8.96. The Balaban J connectivity index is 1.47. The minimum Gasteiger partial charge on any atom is -0.593 e. The first kappa shape index (κ1) is 22.9. The molecule has 2 aromatic carbocycles. The molecule has 0 bridgehead atoms. The predicted octanol–water partition coefficient (Wildman–Crippen LogP) is 4.48. The average Bonchev–Trinajstić information content (AvgIpc) is 3.30. The Morgan fingerprint density at radius 3 is 2.31 bits per heavy atom. The van der Waals surface area contributed by atoms with Gasteiger partial charge in [-0.05, 0) is 49.3 Å². The summed E-state index contributed by atoms with van der Waals surface area (Å²) < 4.78 is 66.5. The van der Waals surface area contributed by atoms with Crippen LogP contribution >= 0.6 is 0 Å². The fraction of sp³-hybridized carbons (Fsp3) is 0.435. The Bertz CT molecular complexity index is 1010. The Labute approximate surface area is 186 Å². The molecule has 2 aliphatic rings. The number of sulfonamides is 1. The third-order valence-corrected chi connectivity index (χ3v) is 8.24. The number of nitrogens with zero attached hydrogens (tertiary/aromatic N) is 2. The van der Waals surface area contributed by atoms with Crippen molar-refractivity contribution >= 4 is 16.3 Å². The number of hydrogen-bond acceptors (Lipinski definition) is 3. The maximum atomic E-state index is 13.2. The molecule has 0 aliphatic carbocycles. The summed E-state index contributed by atoms with van der Waals surface area (Å²) in [5.74, 6) is 0.0957. The maximum absolute atomic E-state index is 13.2. The highest BCUT2D eigenvalue weighted by Gasteiger charge is 2.46. The Hall–Kier alpha value is -2.23. The molecular formula is C23H25F3N2O3S. The van der Waals surface area contributed by atoms with Crippen LogP contribution in [-0.2, 0) is 25.6 Å². The van der Waals surface area contributed by atoms with Crippen molar-refractivity contribution < 1.29 is 26.7 Å². The molecule has 172 valence electrons. The number of amides is 1. The van der Waals surface area contributed by atoms with E-state index in [2.05, 4.69) is 12.1 Å². The SMILES string of the molecule is O=C(C1CCCN1[S+](=O)([O-])c1cccc(C(F)(F)F)c1)N1CCC(c2ccccc2)CC1. The molecule has 0 N–H and O–H groups in total. The van der Waals surface area contributed by atoms with Gasteiger partial charge in [-0.25, -0.2) is 0 Å². The molecule has 5 nitrogen and oxygen atoms in total. The fourth-order valence-electron chi connectivity index (χ4n) is 4.61. The van der Waals surface area contributed by atoms with Gasteiger partial charge in [-0.15, -0.1) is 4.31 Å². The third kappa shape index (κ3) is 4.60. The van der Waals surface area contributed by atoms with Crippen LogP contribution in [0.4, 0.5) is 13.2 Å². The summed E-state index contributed by atoms with van der Waals surface area (Å²) in [7, 11) is -4.22. The third-order valence-electron chi connectivity index (χ3n) is 6.33. The molecule has 1 amide bonds. The lowest BCUT2D eigenvalue weighted by Gasteiger charge is -2.36. The molecule has 2 heterocycles. The van der Waals surface area contributed by atoms with Gasteiger partial charge in [0.2, 0.25) is 5.91 Å². The normalized spacial score (nSPS) is 22.6. The quantitative estimate of drug-likeness (QED) is 0.624. The molecule has 2 atom stereocenters. The smallest absolute Gasteiger partial charge is 0.416 e. The number of carbonyl (C=O) groups excluding carboxylic acids is 1. The van der Waals surface area contributed by atoms with Crippen LogP contribution in [0.2, 0.25) is 0 Å². The molecule has 0 aromatic heterocycles. The summed E-state index contributed by atoms with van der Waals surface area (Å²) in [6.45, 7) is 1.19. The number of halogens is 3. The molecular weight excluding hydrogens is 441 g/mol. The summed E-state index contributed by atoms with van der Waals surface area (Å²) in [6, 6.07) is 12.9. The van der Waals surface area contributed by atoms with Crippen molar-refractivity contribution in [3.8, 4) is 0 Å². The zero-order valence-corrected chi connectivity index (χ0v) is 18.3. The fourth-order valence-corrected chi connectivity index (χ4v) is 6.31. The van der Waals surface area contributed by atoms with Crippen LogP contribution in [0.3, 0.4) is 0 Å². The topological polar surface area (TPSA) is 63.7 Å². The Kier molecular flexibility index (Phi) is 6.42. The first-order valence-electron chi connectivity index (χ1n) is 10.7. The lowest BCUT2D eigenvalue weighted by atomic mass is 9.89. The van der Waals surface area contributed by atoms with E-state index in [4.69, 9.17) is 0 Å². The van der Waals surface area contributed by atoms with Crippen molar-refractivity contribution in [1.82, 2.24) is 9.21 Å². The van der Waals surface area contributed by atoms with E-state index in [-0.39, 0.29) is 12.5 Å². The largest absolute Gasteiger partial charge is 0.593 e. The highest BCUT2D eigenvalue weighted by atomic mass is 32.3. The van der Waals surface area contributed by atoms with Crippen LogP contribution < -0.4 is 0 Å². The molecule has 2 unspecified atom stereocenters. The summed E-state index contributed by atoms with van der Waals surface area (Å²) in [5.41, 5.74) is 0.206. The van der Waals surface area contributed by atoms with Gasteiger partial charge in [-0.3, -0.25) is 4.79 Å². The summed E-state index contributed by atoms with van der Waals surface area (Å²) in [5, 5.41) is 0. The lowest BCUT2D eigenvalue weighted by Crippen LogP contribution is -2.51. The first-order chi connectivity index (χ1) is 15.2. The van der Waals surface area contributed by atoms with E-state index in [0.717, 1.165) is 35.3 Å². The number of hydrogen-bond donors (Lipinski definition) is 0. The highest BCUT2D eigenvalue weighted by Crippen LogP contribution is 2.36. The van der Waals surface area contributed by atoms with Gasteiger partial charge in [-0.1, -0.05) is 40.6 Å². The van der Waals surface area contributed by atoms with Gasteiger partial charge in [0.25, 0.3) is 0 Å². The summed E-state index contributed by atoms with van der Waals surface area (Å²) in [6.07, 6.45) is -2.19. The summed E-state index contributed by atoms with van der Waals surface area (Å²) in [4.78, 5) is 14.5. The van der Waals surface area contributed by atoms with Crippen molar-refractivity contribution in [3.05, 3.63) is 65.7 Å². The molecule has 2 saturated heterocycles.